The number of pyridine rings is 1. The number of nitrogens with zero attached hydrogens (tertiary/aromatic N) is 4. The van der Waals surface area contributed by atoms with Gasteiger partial charge < -0.3 is 15.8 Å². The Morgan fingerprint density at radius 1 is 1.35 bits per heavy atom. The minimum Gasteiger partial charge on any atom is -0.409 e. The van der Waals surface area contributed by atoms with E-state index in [0.717, 1.165) is 39.1 Å². The summed E-state index contributed by atoms with van der Waals surface area (Å²) in [6.45, 7) is 6.99. The van der Waals surface area contributed by atoms with Crippen LogP contribution in [0, 0.1) is 0 Å². The van der Waals surface area contributed by atoms with Gasteiger partial charge >= 0.3 is 0 Å². The van der Waals surface area contributed by atoms with Crippen LogP contribution < -0.4 is 5.73 Å². The zero-order chi connectivity index (χ0) is 14.4. The molecule has 6 nitrogen and oxygen atoms in total. The van der Waals surface area contributed by atoms with Gasteiger partial charge in [-0.15, -0.1) is 0 Å². The molecule has 0 aliphatic carbocycles. The molecule has 1 atom stereocenters. The third kappa shape index (κ3) is 3.91. The molecular weight excluding hydrogens is 254 g/mol. The maximum absolute atomic E-state index is 8.72. The molecule has 0 aromatic carbocycles. The Hall–Kier alpha value is -1.66. The summed E-state index contributed by atoms with van der Waals surface area (Å²) in [7, 11) is 0. The molecule has 110 valence electrons. The van der Waals surface area contributed by atoms with Gasteiger partial charge in [0.1, 0.15) is 0 Å². The molecule has 0 spiro atoms. The van der Waals surface area contributed by atoms with Gasteiger partial charge in [0.05, 0.1) is 6.04 Å². The van der Waals surface area contributed by atoms with Gasteiger partial charge in [-0.2, -0.15) is 0 Å². The summed E-state index contributed by atoms with van der Waals surface area (Å²) in [6.07, 6.45) is 4.73. The van der Waals surface area contributed by atoms with Gasteiger partial charge in [-0.05, 0) is 31.0 Å². The maximum atomic E-state index is 8.72. The molecule has 0 saturated carbocycles. The van der Waals surface area contributed by atoms with Crippen LogP contribution in [0.2, 0.25) is 0 Å². The first-order valence-electron chi connectivity index (χ1n) is 7.03. The van der Waals surface area contributed by atoms with Crippen LogP contribution in [-0.4, -0.2) is 64.6 Å². The third-order valence-corrected chi connectivity index (χ3v) is 3.96. The van der Waals surface area contributed by atoms with E-state index in [2.05, 4.69) is 32.1 Å². The number of amidine groups is 1. The molecule has 2 heterocycles. The molecule has 1 aromatic rings. The second-order valence-electron chi connectivity index (χ2n) is 5.18. The average molecular weight is 277 g/mol. The van der Waals surface area contributed by atoms with Crippen LogP contribution in [-0.2, 0) is 6.42 Å². The molecule has 3 N–H and O–H groups in total. The Kier molecular flexibility index (Phi) is 5.31. The number of hydrogen-bond acceptors (Lipinski definition) is 5. The maximum Gasteiger partial charge on any atom is 0.156 e. The summed E-state index contributed by atoms with van der Waals surface area (Å²) in [5.41, 5.74) is 6.98. The highest BCUT2D eigenvalue weighted by atomic mass is 16.4. The van der Waals surface area contributed by atoms with Gasteiger partial charge in [-0.1, -0.05) is 5.16 Å². The lowest BCUT2D eigenvalue weighted by atomic mass is 10.1. The minimum absolute atomic E-state index is 0.00217. The van der Waals surface area contributed by atoms with E-state index in [1.165, 1.54) is 5.56 Å². The first-order chi connectivity index (χ1) is 9.70. The van der Waals surface area contributed by atoms with Crippen LogP contribution in [0.1, 0.15) is 12.5 Å². The predicted octanol–water partition coefficient (Wildman–Crippen LogP) is 0.377. The Morgan fingerprint density at radius 3 is 2.60 bits per heavy atom. The van der Waals surface area contributed by atoms with E-state index < -0.39 is 0 Å². The zero-order valence-corrected chi connectivity index (χ0v) is 11.9. The van der Waals surface area contributed by atoms with Crippen LogP contribution in [0.15, 0.2) is 29.7 Å². The largest absolute Gasteiger partial charge is 0.409 e. The molecule has 0 radical (unpaired) electrons. The summed E-state index contributed by atoms with van der Waals surface area (Å²) in [6, 6.07) is 4.13. The molecule has 1 unspecified atom stereocenters. The van der Waals surface area contributed by atoms with E-state index in [0.29, 0.717) is 0 Å². The van der Waals surface area contributed by atoms with Gasteiger partial charge in [0.2, 0.25) is 0 Å². The van der Waals surface area contributed by atoms with Crippen molar-refractivity contribution in [2.75, 3.05) is 32.7 Å². The van der Waals surface area contributed by atoms with Gasteiger partial charge in [0, 0.05) is 45.1 Å². The summed E-state index contributed by atoms with van der Waals surface area (Å²) in [4.78, 5) is 8.73. The number of nitrogens with two attached hydrogens (primary N) is 1. The number of piperazine rings is 1. The molecule has 20 heavy (non-hydrogen) atoms. The monoisotopic (exact) mass is 277 g/mol. The van der Waals surface area contributed by atoms with Crippen molar-refractivity contribution in [3.63, 3.8) is 0 Å². The third-order valence-electron chi connectivity index (χ3n) is 3.96. The van der Waals surface area contributed by atoms with Crippen LogP contribution in [0.25, 0.3) is 0 Å². The van der Waals surface area contributed by atoms with Crippen molar-refractivity contribution in [2.45, 2.75) is 19.4 Å². The standard InChI is InChI=1S/C14H23N5O/c1-12(14(15)17-20)19-10-8-18(9-11-19)7-4-13-2-5-16-6-3-13/h2-3,5-6,12,20H,4,7-11H2,1H3,(H2,15,17). The molecule has 2 rings (SSSR count). The molecule has 0 bridgehead atoms. The first-order valence-corrected chi connectivity index (χ1v) is 7.03. The molecule has 1 aliphatic rings. The van der Waals surface area contributed by atoms with Crippen molar-refractivity contribution >= 4 is 5.84 Å². The van der Waals surface area contributed by atoms with Crippen molar-refractivity contribution in [3.8, 4) is 0 Å². The first kappa shape index (κ1) is 14.7. The zero-order valence-electron chi connectivity index (χ0n) is 11.9. The number of hydrogen-bond donors (Lipinski definition) is 2. The van der Waals surface area contributed by atoms with E-state index >= 15 is 0 Å². The topological polar surface area (TPSA) is 78.0 Å². The fourth-order valence-electron chi connectivity index (χ4n) is 2.48. The Morgan fingerprint density at radius 2 is 2.00 bits per heavy atom. The lowest BCUT2D eigenvalue weighted by molar-refractivity contribution is 0.122. The fourth-order valence-corrected chi connectivity index (χ4v) is 2.48. The normalized spacial score (nSPS) is 19.9. The van der Waals surface area contributed by atoms with E-state index in [1.807, 2.05) is 19.3 Å². The van der Waals surface area contributed by atoms with Crippen molar-refractivity contribution in [2.24, 2.45) is 10.9 Å². The molecule has 1 aliphatic heterocycles. The van der Waals surface area contributed by atoms with Crippen LogP contribution >= 0.6 is 0 Å². The summed E-state index contributed by atoms with van der Waals surface area (Å²) >= 11 is 0. The predicted molar refractivity (Wildman–Crippen MR) is 78.8 cm³/mol. The highest BCUT2D eigenvalue weighted by Crippen LogP contribution is 2.08. The van der Waals surface area contributed by atoms with E-state index in [9.17, 15) is 0 Å². The second kappa shape index (κ2) is 7.21. The quantitative estimate of drug-likeness (QED) is 0.352. The highest BCUT2D eigenvalue weighted by Gasteiger charge is 2.23. The van der Waals surface area contributed by atoms with Crippen molar-refractivity contribution < 1.29 is 5.21 Å². The summed E-state index contributed by atoms with van der Waals surface area (Å²) in [5.74, 6) is 0.287. The van der Waals surface area contributed by atoms with Gasteiger partial charge in [0.25, 0.3) is 0 Å². The Balaban J connectivity index is 1.74. The summed E-state index contributed by atoms with van der Waals surface area (Å²) < 4.78 is 0. The molecule has 6 heteroatoms. The van der Waals surface area contributed by atoms with Gasteiger partial charge in [0.15, 0.2) is 5.84 Å². The molecular formula is C14H23N5O. The van der Waals surface area contributed by atoms with E-state index in [4.69, 9.17) is 10.9 Å². The van der Waals surface area contributed by atoms with E-state index in [-0.39, 0.29) is 11.9 Å². The van der Waals surface area contributed by atoms with Crippen LogP contribution in [0.3, 0.4) is 0 Å². The Bertz CT molecular complexity index is 428. The number of rotatable bonds is 5. The minimum atomic E-state index is 0.00217. The smallest absolute Gasteiger partial charge is 0.156 e. The van der Waals surface area contributed by atoms with Gasteiger partial charge in [-0.3, -0.25) is 9.88 Å². The lowest BCUT2D eigenvalue weighted by Crippen LogP contribution is -2.53. The van der Waals surface area contributed by atoms with Crippen LogP contribution in [0.4, 0.5) is 0 Å². The fraction of sp³-hybridized carbons (Fsp3) is 0.571. The highest BCUT2D eigenvalue weighted by molar-refractivity contribution is 5.84. The van der Waals surface area contributed by atoms with Crippen molar-refractivity contribution in [3.05, 3.63) is 30.1 Å². The second-order valence-corrected chi connectivity index (χ2v) is 5.18. The van der Waals surface area contributed by atoms with Crippen molar-refractivity contribution in [1.29, 1.82) is 0 Å². The van der Waals surface area contributed by atoms with E-state index in [1.54, 1.807) is 0 Å². The lowest BCUT2D eigenvalue weighted by Gasteiger charge is -2.37. The summed E-state index contributed by atoms with van der Waals surface area (Å²) in [5, 5.41) is 11.8. The Labute approximate surface area is 119 Å². The van der Waals surface area contributed by atoms with Gasteiger partial charge in [-0.25, -0.2) is 0 Å². The molecule has 1 fully saturated rings. The molecule has 0 amide bonds. The number of aromatic nitrogens is 1. The number of oxime groups is 1. The SMILES string of the molecule is CC(C(N)=NO)N1CCN(CCc2ccncc2)CC1. The average Bonchev–Trinajstić information content (AvgIpc) is 2.53. The molecule has 1 saturated heterocycles. The molecule has 1 aromatic heterocycles. The van der Waals surface area contributed by atoms with Crippen LogP contribution in [0.5, 0.6) is 0 Å². The van der Waals surface area contributed by atoms with Crippen molar-refractivity contribution in [1.82, 2.24) is 14.8 Å².